The lowest BCUT2D eigenvalue weighted by Gasteiger charge is -2.19. The van der Waals surface area contributed by atoms with Crippen molar-refractivity contribution in [1.29, 1.82) is 0 Å². The molecule has 2 aromatic carbocycles. The monoisotopic (exact) mass is 321 g/mol. The molecule has 0 bridgehead atoms. The smallest absolute Gasteiger partial charge is 0.126 e. The average molecular weight is 322 g/mol. The molecule has 0 saturated heterocycles. The van der Waals surface area contributed by atoms with E-state index in [0.717, 1.165) is 16.6 Å². The van der Waals surface area contributed by atoms with Gasteiger partial charge in [-0.05, 0) is 48.4 Å². The topological polar surface area (TPSA) is 12.0 Å². The summed E-state index contributed by atoms with van der Waals surface area (Å²) in [5.41, 5.74) is 2.94. The van der Waals surface area contributed by atoms with E-state index in [0.29, 0.717) is 5.56 Å². The van der Waals surface area contributed by atoms with Gasteiger partial charge in [-0.2, -0.15) is 0 Å². The predicted molar refractivity (Wildman–Crippen MR) is 80.8 cm³/mol. The molecule has 1 N–H and O–H groups in total. The fourth-order valence-corrected chi connectivity index (χ4v) is 2.40. The molecule has 0 amide bonds. The van der Waals surface area contributed by atoms with Gasteiger partial charge in [0.1, 0.15) is 5.82 Å². The van der Waals surface area contributed by atoms with Crippen LogP contribution in [0.5, 0.6) is 0 Å². The van der Waals surface area contributed by atoms with Gasteiger partial charge >= 0.3 is 0 Å². The van der Waals surface area contributed by atoms with E-state index in [2.05, 4.69) is 40.3 Å². The Hall–Kier alpha value is -1.19. The second kappa shape index (κ2) is 6.31. The number of aryl methyl sites for hydroxylation is 1. The van der Waals surface area contributed by atoms with Crippen LogP contribution in [0.15, 0.2) is 46.9 Å². The van der Waals surface area contributed by atoms with Gasteiger partial charge < -0.3 is 5.32 Å². The van der Waals surface area contributed by atoms with Crippen LogP contribution in [-0.4, -0.2) is 6.54 Å². The van der Waals surface area contributed by atoms with Crippen LogP contribution in [0.25, 0.3) is 0 Å². The minimum Gasteiger partial charge on any atom is -0.307 e. The van der Waals surface area contributed by atoms with Crippen LogP contribution >= 0.6 is 15.9 Å². The number of rotatable bonds is 4. The van der Waals surface area contributed by atoms with Gasteiger partial charge in [0, 0.05) is 4.47 Å². The molecule has 0 aliphatic rings. The Kier molecular flexibility index (Phi) is 4.72. The van der Waals surface area contributed by atoms with Crippen LogP contribution < -0.4 is 5.32 Å². The highest BCUT2D eigenvalue weighted by molar-refractivity contribution is 9.10. The van der Waals surface area contributed by atoms with Gasteiger partial charge in [0.15, 0.2) is 0 Å². The van der Waals surface area contributed by atoms with Gasteiger partial charge in [-0.1, -0.05) is 47.1 Å². The highest BCUT2D eigenvalue weighted by atomic mass is 79.9. The summed E-state index contributed by atoms with van der Waals surface area (Å²) in [5.74, 6) is -0.158. The van der Waals surface area contributed by atoms with Crippen molar-refractivity contribution in [3.63, 3.8) is 0 Å². The van der Waals surface area contributed by atoms with Gasteiger partial charge in [-0.25, -0.2) is 4.39 Å². The quantitative estimate of drug-likeness (QED) is 0.868. The molecule has 0 radical (unpaired) electrons. The average Bonchev–Trinajstić information content (AvgIpc) is 2.41. The highest BCUT2D eigenvalue weighted by Crippen LogP contribution is 2.25. The second-order valence-electron chi connectivity index (χ2n) is 4.55. The third-order valence-electron chi connectivity index (χ3n) is 3.13. The summed E-state index contributed by atoms with van der Waals surface area (Å²) in [7, 11) is 0. The van der Waals surface area contributed by atoms with E-state index in [1.165, 1.54) is 11.6 Å². The van der Waals surface area contributed by atoms with Gasteiger partial charge in [0.25, 0.3) is 0 Å². The van der Waals surface area contributed by atoms with Crippen LogP contribution in [-0.2, 0) is 0 Å². The molecule has 0 spiro atoms. The molecule has 0 aromatic heterocycles. The van der Waals surface area contributed by atoms with Crippen molar-refractivity contribution >= 4 is 15.9 Å². The Bertz CT molecular complexity index is 551. The Labute approximate surface area is 122 Å². The standard InChI is InChI=1S/C16H17BrFN/c1-3-19-16(12-4-7-14(17)8-5-12)13-6-9-15(18)11(2)10-13/h4-10,16,19H,3H2,1-2H3. The van der Waals surface area contributed by atoms with Crippen molar-refractivity contribution < 1.29 is 4.39 Å². The minimum absolute atomic E-state index is 0.0948. The Balaban J connectivity index is 2.38. The lowest BCUT2D eigenvalue weighted by atomic mass is 9.97. The van der Waals surface area contributed by atoms with Crippen LogP contribution in [0.1, 0.15) is 29.7 Å². The molecule has 1 atom stereocenters. The van der Waals surface area contributed by atoms with Crippen LogP contribution in [0.3, 0.4) is 0 Å². The first kappa shape index (κ1) is 14.2. The van der Waals surface area contributed by atoms with Crippen molar-refractivity contribution in [3.8, 4) is 0 Å². The van der Waals surface area contributed by atoms with Crippen LogP contribution in [0.2, 0.25) is 0 Å². The van der Waals surface area contributed by atoms with Gasteiger partial charge in [0.05, 0.1) is 6.04 Å². The third kappa shape index (κ3) is 3.43. The van der Waals surface area contributed by atoms with E-state index >= 15 is 0 Å². The molecule has 100 valence electrons. The van der Waals surface area contributed by atoms with E-state index in [1.54, 1.807) is 6.92 Å². The Morgan fingerprint density at radius 3 is 2.32 bits per heavy atom. The molecule has 0 fully saturated rings. The van der Waals surface area contributed by atoms with E-state index < -0.39 is 0 Å². The maximum atomic E-state index is 13.4. The number of hydrogen-bond donors (Lipinski definition) is 1. The molecule has 19 heavy (non-hydrogen) atoms. The van der Waals surface area contributed by atoms with E-state index in [-0.39, 0.29) is 11.9 Å². The first-order chi connectivity index (χ1) is 9.11. The largest absolute Gasteiger partial charge is 0.307 e. The zero-order valence-electron chi connectivity index (χ0n) is 11.1. The van der Waals surface area contributed by atoms with E-state index in [9.17, 15) is 4.39 Å². The first-order valence-electron chi connectivity index (χ1n) is 6.36. The summed E-state index contributed by atoms with van der Waals surface area (Å²) >= 11 is 3.44. The van der Waals surface area contributed by atoms with Crippen molar-refractivity contribution in [2.45, 2.75) is 19.9 Å². The summed E-state index contributed by atoms with van der Waals surface area (Å²) in [6.45, 7) is 4.73. The summed E-state index contributed by atoms with van der Waals surface area (Å²) in [6.07, 6.45) is 0. The molecule has 2 aromatic rings. The number of halogens is 2. The molecule has 1 nitrogen and oxygen atoms in total. The zero-order chi connectivity index (χ0) is 13.8. The SMILES string of the molecule is CCNC(c1ccc(Br)cc1)c1ccc(F)c(C)c1. The van der Waals surface area contributed by atoms with Gasteiger partial charge in [-0.3, -0.25) is 0 Å². The zero-order valence-corrected chi connectivity index (χ0v) is 12.7. The molecule has 0 heterocycles. The molecular formula is C16H17BrFN. The predicted octanol–water partition coefficient (Wildman–Crippen LogP) is 4.60. The summed E-state index contributed by atoms with van der Waals surface area (Å²) in [5, 5.41) is 3.44. The molecule has 2 rings (SSSR count). The van der Waals surface area contributed by atoms with E-state index in [1.807, 2.05) is 24.3 Å². The molecule has 0 saturated carbocycles. The summed E-state index contributed by atoms with van der Waals surface area (Å²) in [4.78, 5) is 0. The number of benzene rings is 2. The maximum absolute atomic E-state index is 13.4. The lowest BCUT2D eigenvalue weighted by molar-refractivity contribution is 0.606. The number of nitrogens with one attached hydrogen (secondary N) is 1. The number of hydrogen-bond acceptors (Lipinski definition) is 1. The highest BCUT2D eigenvalue weighted by Gasteiger charge is 2.13. The van der Waals surface area contributed by atoms with Crippen molar-refractivity contribution in [2.75, 3.05) is 6.54 Å². The molecule has 1 unspecified atom stereocenters. The Morgan fingerprint density at radius 1 is 1.11 bits per heavy atom. The van der Waals surface area contributed by atoms with Crippen LogP contribution in [0.4, 0.5) is 4.39 Å². The lowest BCUT2D eigenvalue weighted by Crippen LogP contribution is -2.22. The second-order valence-corrected chi connectivity index (χ2v) is 5.47. The fraction of sp³-hybridized carbons (Fsp3) is 0.250. The van der Waals surface area contributed by atoms with Crippen molar-refractivity contribution in [2.24, 2.45) is 0 Å². The van der Waals surface area contributed by atoms with E-state index in [4.69, 9.17) is 0 Å². The van der Waals surface area contributed by atoms with Gasteiger partial charge in [-0.15, -0.1) is 0 Å². The minimum atomic E-state index is -0.158. The van der Waals surface area contributed by atoms with Gasteiger partial charge in [0.2, 0.25) is 0 Å². The molecule has 3 heteroatoms. The molecule has 0 aliphatic carbocycles. The molecule has 0 aliphatic heterocycles. The molecular weight excluding hydrogens is 305 g/mol. The summed E-state index contributed by atoms with van der Waals surface area (Å²) in [6, 6.07) is 13.6. The Morgan fingerprint density at radius 2 is 1.74 bits per heavy atom. The third-order valence-corrected chi connectivity index (χ3v) is 3.66. The summed E-state index contributed by atoms with van der Waals surface area (Å²) < 4.78 is 14.4. The van der Waals surface area contributed by atoms with Crippen LogP contribution in [0, 0.1) is 12.7 Å². The normalized spacial score (nSPS) is 12.4. The fourth-order valence-electron chi connectivity index (χ4n) is 2.13. The first-order valence-corrected chi connectivity index (χ1v) is 7.16. The van der Waals surface area contributed by atoms with Crippen molar-refractivity contribution in [3.05, 3.63) is 69.4 Å². The maximum Gasteiger partial charge on any atom is 0.126 e. The van der Waals surface area contributed by atoms with Crippen molar-refractivity contribution in [1.82, 2.24) is 5.32 Å².